The van der Waals surface area contributed by atoms with Gasteiger partial charge < -0.3 is 20.5 Å². The molecular formula is C22H26N2O4S. The van der Waals surface area contributed by atoms with Crippen LogP contribution in [0.2, 0.25) is 0 Å². The van der Waals surface area contributed by atoms with Crippen molar-refractivity contribution in [2.75, 3.05) is 23.8 Å². The second kappa shape index (κ2) is 8.97. The van der Waals surface area contributed by atoms with Crippen LogP contribution in [0.4, 0.5) is 10.7 Å². The summed E-state index contributed by atoms with van der Waals surface area (Å²) >= 11 is 1.30. The van der Waals surface area contributed by atoms with Crippen molar-refractivity contribution in [3.8, 4) is 0 Å². The zero-order valence-corrected chi connectivity index (χ0v) is 17.1. The van der Waals surface area contributed by atoms with Crippen molar-refractivity contribution in [1.29, 1.82) is 0 Å². The Kier molecular flexibility index (Phi) is 6.16. The molecule has 1 aromatic carbocycles. The van der Waals surface area contributed by atoms with E-state index >= 15 is 0 Å². The van der Waals surface area contributed by atoms with Crippen molar-refractivity contribution < 1.29 is 19.4 Å². The average molecular weight is 415 g/mol. The van der Waals surface area contributed by atoms with Crippen LogP contribution in [0.3, 0.4) is 0 Å². The summed E-state index contributed by atoms with van der Waals surface area (Å²) in [7, 11) is 0. The number of anilines is 2. The van der Waals surface area contributed by atoms with Gasteiger partial charge in [0.2, 0.25) is 0 Å². The lowest BCUT2D eigenvalue weighted by Gasteiger charge is -2.24. The summed E-state index contributed by atoms with van der Waals surface area (Å²) in [6.07, 6.45) is 6.26. The highest BCUT2D eigenvalue weighted by Gasteiger charge is 2.27. The number of carbonyl (C=O) groups is 2. The van der Waals surface area contributed by atoms with E-state index in [4.69, 9.17) is 4.74 Å². The summed E-state index contributed by atoms with van der Waals surface area (Å²) in [5.74, 6) is -0.969. The number of carboxylic acids is 1. The molecule has 0 bridgehead atoms. The lowest BCUT2D eigenvalue weighted by molar-refractivity contribution is 0.0697. The monoisotopic (exact) mass is 414 g/mol. The molecule has 1 amide bonds. The van der Waals surface area contributed by atoms with Gasteiger partial charge in [-0.05, 0) is 66.8 Å². The van der Waals surface area contributed by atoms with Gasteiger partial charge in [-0.25, -0.2) is 4.79 Å². The zero-order valence-electron chi connectivity index (χ0n) is 16.3. The number of thiophene rings is 1. The minimum atomic E-state index is -0.973. The number of amides is 1. The van der Waals surface area contributed by atoms with E-state index in [-0.39, 0.29) is 11.5 Å². The first-order valence-electron chi connectivity index (χ1n) is 10.2. The maximum atomic E-state index is 12.7. The van der Waals surface area contributed by atoms with Gasteiger partial charge in [0.05, 0.1) is 5.56 Å². The van der Waals surface area contributed by atoms with E-state index in [1.807, 2.05) is 17.5 Å². The van der Waals surface area contributed by atoms with E-state index in [0.717, 1.165) is 63.0 Å². The Morgan fingerprint density at radius 1 is 1.03 bits per heavy atom. The molecule has 2 aromatic rings. The van der Waals surface area contributed by atoms with Crippen LogP contribution in [0, 0.1) is 0 Å². The minimum absolute atomic E-state index is 0.257. The fourth-order valence-corrected chi connectivity index (χ4v) is 5.22. The van der Waals surface area contributed by atoms with Crippen LogP contribution in [-0.4, -0.2) is 36.2 Å². The Labute approximate surface area is 174 Å². The van der Waals surface area contributed by atoms with Gasteiger partial charge in [-0.1, -0.05) is 12.8 Å². The van der Waals surface area contributed by atoms with Gasteiger partial charge in [-0.3, -0.25) is 4.79 Å². The summed E-state index contributed by atoms with van der Waals surface area (Å²) in [6, 6.07) is 7.70. The molecule has 1 aromatic heterocycles. The number of ether oxygens (including phenoxy) is 1. The molecule has 0 atom stereocenters. The Morgan fingerprint density at radius 3 is 2.38 bits per heavy atom. The highest BCUT2D eigenvalue weighted by Crippen LogP contribution is 2.41. The molecule has 0 radical (unpaired) electrons. The topological polar surface area (TPSA) is 87.7 Å². The number of carbonyl (C=O) groups excluding carboxylic acids is 1. The molecule has 2 aliphatic rings. The van der Waals surface area contributed by atoms with E-state index in [2.05, 4.69) is 10.6 Å². The van der Waals surface area contributed by atoms with Gasteiger partial charge in [0.25, 0.3) is 5.91 Å². The summed E-state index contributed by atoms with van der Waals surface area (Å²) in [6.45, 7) is 1.54. The lowest BCUT2D eigenvalue weighted by Crippen LogP contribution is -2.27. The minimum Gasteiger partial charge on any atom is -0.478 e. The number of rotatable bonds is 6. The molecule has 6 nitrogen and oxygen atoms in total. The third kappa shape index (κ3) is 4.62. The number of hydrogen-bond acceptors (Lipinski definition) is 5. The van der Waals surface area contributed by atoms with Crippen LogP contribution in [0.1, 0.15) is 70.7 Å². The van der Waals surface area contributed by atoms with E-state index in [0.29, 0.717) is 22.5 Å². The van der Waals surface area contributed by atoms with E-state index in [1.165, 1.54) is 11.3 Å². The Bertz CT molecular complexity index is 865. The standard InChI is InChI=1S/C22H26N2O4S/c25-20(15-5-7-16(8-6-15)23-17-9-11-28-12-10-17)24-21-19(22(26)27)18(13-29-21)14-3-1-2-4-14/h5-8,13-14,17,23H,1-4,9-12H2,(H,24,25)(H,26,27). The highest BCUT2D eigenvalue weighted by atomic mass is 32.1. The number of nitrogens with one attached hydrogen (secondary N) is 2. The van der Waals surface area contributed by atoms with Crippen molar-refractivity contribution >= 4 is 33.9 Å². The molecular weight excluding hydrogens is 388 g/mol. The normalized spacial score (nSPS) is 17.9. The van der Waals surface area contributed by atoms with Gasteiger partial charge in [0, 0.05) is 30.5 Å². The van der Waals surface area contributed by atoms with Crippen molar-refractivity contribution in [2.24, 2.45) is 0 Å². The van der Waals surface area contributed by atoms with Gasteiger partial charge in [-0.2, -0.15) is 0 Å². The fourth-order valence-electron chi connectivity index (χ4n) is 4.19. The molecule has 2 fully saturated rings. The molecule has 4 rings (SSSR count). The predicted octanol–water partition coefficient (Wildman–Crippen LogP) is 4.95. The first-order chi connectivity index (χ1) is 14.1. The zero-order chi connectivity index (χ0) is 20.2. The van der Waals surface area contributed by atoms with Crippen LogP contribution in [-0.2, 0) is 4.74 Å². The number of benzene rings is 1. The third-order valence-corrected chi connectivity index (χ3v) is 6.71. The molecule has 2 heterocycles. The molecule has 29 heavy (non-hydrogen) atoms. The molecule has 7 heteroatoms. The lowest BCUT2D eigenvalue weighted by atomic mass is 9.96. The Morgan fingerprint density at radius 2 is 1.72 bits per heavy atom. The van der Waals surface area contributed by atoms with E-state index in [9.17, 15) is 14.7 Å². The van der Waals surface area contributed by atoms with Crippen molar-refractivity contribution in [3.05, 3.63) is 46.3 Å². The molecule has 3 N–H and O–H groups in total. The average Bonchev–Trinajstić information content (AvgIpc) is 3.39. The van der Waals surface area contributed by atoms with Crippen LogP contribution in [0.15, 0.2) is 29.6 Å². The van der Waals surface area contributed by atoms with Crippen LogP contribution in [0.5, 0.6) is 0 Å². The molecule has 0 spiro atoms. The number of carboxylic acid groups (broad SMARTS) is 1. The molecule has 1 aliphatic carbocycles. The summed E-state index contributed by atoms with van der Waals surface area (Å²) < 4.78 is 5.37. The second-order valence-corrected chi connectivity index (χ2v) is 8.62. The molecule has 1 saturated carbocycles. The van der Waals surface area contributed by atoms with Crippen molar-refractivity contribution in [3.63, 3.8) is 0 Å². The predicted molar refractivity (Wildman–Crippen MR) is 114 cm³/mol. The SMILES string of the molecule is O=C(Nc1scc(C2CCCC2)c1C(=O)O)c1ccc(NC2CCOCC2)cc1. The van der Waals surface area contributed by atoms with Crippen molar-refractivity contribution in [2.45, 2.75) is 50.5 Å². The van der Waals surface area contributed by atoms with E-state index < -0.39 is 5.97 Å². The Hall–Kier alpha value is -2.38. The first kappa shape index (κ1) is 19.9. The van der Waals surface area contributed by atoms with Crippen LogP contribution >= 0.6 is 11.3 Å². The van der Waals surface area contributed by atoms with Gasteiger partial charge in [0.1, 0.15) is 5.00 Å². The fraction of sp³-hybridized carbons (Fsp3) is 0.455. The molecule has 1 aliphatic heterocycles. The maximum Gasteiger partial charge on any atom is 0.339 e. The van der Waals surface area contributed by atoms with Gasteiger partial charge in [-0.15, -0.1) is 11.3 Å². The van der Waals surface area contributed by atoms with Crippen molar-refractivity contribution in [1.82, 2.24) is 0 Å². The smallest absolute Gasteiger partial charge is 0.339 e. The molecule has 0 unspecified atom stereocenters. The van der Waals surface area contributed by atoms with Gasteiger partial charge in [0.15, 0.2) is 0 Å². The Balaban J connectivity index is 1.44. The first-order valence-corrected chi connectivity index (χ1v) is 11.1. The highest BCUT2D eigenvalue weighted by molar-refractivity contribution is 7.15. The number of aromatic carboxylic acids is 1. The maximum absolute atomic E-state index is 12.7. The summed E-state index contributed by atoms with van der Waals surface area (Å²) in [5.41, 5.74) is 2.60. The number of hydrogen-bond donors (Lipinski definition) is 3. The van der Waals surface area contributed by atoms with Crippen LogP contribution < -0.4 is 10.6 Å². The van der Waals surface area contributed by atoms with E-state index in [1.54, 1.807) is 12.1 Å². The molecule has 154 valence electrons. The third-order valence-electron chi connectivity index (χ3n) is 5.79. The second-order valence-electron chi connectivity index (χ2n) is 7.74. The summed E-state index contributed by atoms with van der Waals surface area (Å²) in [4.78, 5) is 24.5. The van der Waals surface area contributed by atoms with Gasteiger partial charge >= 0.3 is 5.97 Å². The quantitative estimate of drug-likeness (QED) is 0.623. The summed E-state index contributed by atoms with van der Waals surface area (Å²) in [5, 5.41) is 18.3. The molecule has 1 saturated heterocycles. The largest absolute Gasteiger partial charge is 0.478 e. The van der Waals surface area contributed by atoms with Crippen LogP contribution in [0.25, 0.3) is 0 Å².